The molecular weight excluding hydrogens is 452 g/mol. The van der Waals surface area contributed by atoms with Crippen molar-refractivity contribution in [2.75, 3.05) is 4.90 Å². The molecule has 2 aromatic heterocycles. The Hall–Kier alpha value is -4.23. The van der Waals surface area contributed by atoms with Crippen LogP contribution in [0, 0.1) is 6.92 Å². The lowest BCUT2D eigenvalue weighted by Crippen LogP contribution is -2.39. The number of carbonyl (C=O) groups excluding carboxylic acids is 2. The van der Waals surface area contributed by atoms with Crippen LogP contribution in [0.15, 0.2) is 83.9 Å². The minimum absolute atomic E-state index is 0.0290. The first-order valence-corrected chi connectivity index (χ1v) is 11.0. The Morgan fingerprint density at radius 3 is 2.38 bits per heavy atom. The highest BCUT2D eigenvalue weighted by Crippen LogP contribution is 2.36. The van der Waals surface area contributed by atoms with Crippen LogP contribution in [-0.2, 0) is 16.6 Å². The van der Waals surface area contributed by atoms with Crippen LogP contribution in [0.1, 0.15) is 11.1 Å². The van der Waals surface area contributed by atoms with E-state index in [4.69, 9.17) is 11.6 Å². The van der Waals surface area contributed by atoms with Crippen molar-refractivity contribution in [1.82, 2.24) is 9.78 Å². The minimum Gasteiger partial charge on any atom is -0.295 e. The number of anilines is 1. The molecule has 0 unspecified atom stereocenters. The molecule has 1 N–H and O–H groups in total. The zero-order chi connectivity index (χ0) is 24.0. The van der Waals surface area contributed by atoms with Gasteiger partial charge in [0.05, 0.1) is 16.9 Å². The summed E-state index contributed by atoms with van der Waals surface area (Å²) in [6.45, 7) is 1.89. The molecule has 8 heteroatoms. The third-order valence-corrected chi connectivity index (χ3v) is 5.93. The summed E-state index contributed by atoms with van der Waals surface area (Å²) in [6.07, 6.45) is 3.44. The van der Waals surface area contributed by atoms with Crippen molar-refractivity contribution in [3.63, 3.8) is 0 Å². The summed E-state index contributed by atoms with van der Waals surface area (Å²) in [4.78, 5) is 42.0. The Labute approximate surface area is 200 Å². The van der Waals surface area contributed by atoms with Crippen molar-refractivity contribution in [3.05, 3.63) is 106 Å². The van der Waals surface area contributed by atoms with Gasteiger partial charge in [-0.25, -0.2) is 4.90 Å². The molecule has 34 heavy (non-hydrogen) atoms. The molecule has 2 aromatic carbocycles. The van der Waals surface area contributed by atoms with E-state index in [0.717, 1.165) is 16.0 Å². The molecule has 0 radical (unpaired) electrons. The molecule has 0 aliphatic carbocycles. The van der Waals surface area contributed by atoms with Gasteiger partial charge in [-0.3, -0.25) is 24.2 Å². The van der Waals surface area contributed by atoms with Crippen molar-refractivity contribution in [2.45, 2.75) is 6.92 Å². The molecule has 0 atom stereocenters. The highest BCUT2D eigenvalue weighted by Gasteiger charge is 2.48. The van der Waals surface area contributed by atoms with Crippen LogP contribution < -0.4 is 15.0 Å². The fourth-order valence-corrected chi connectivity index (χ4v) is 4.34. The average molecular weight is 472 g/mol. The topological polar surface area (TPSA) is 79.1 Å². The van der Waals surface area contributed by atoms with Crippen molar-refractivity contribution in [2.24, 2.45) is 7.05 Å². The summed E-state index contributed by atoms with van der Waals surface area (Å²) in [6, 6.07) is 19.4. The van der Waals surface area contributed by atoms with Crippen LogP contribution >= 0.6 is 11.6 Å². The zero-order valence-corrected chi connectivity index (χ0v) is 19.2. The highest BCUT2D eigenvalue weighted by molar-refractivity contribution is 6.53. The first-order chi connectivity index (χ1) is 16.4. The van der Waals surface area contributed by atoms with Crippen LogP contribution in [0.2, 0.25) is 5.02 Å². The number of rotatable bonds is 4. The number of halogens is 1. The van der Waals surface area contributed by atoms with Gasteiger partial charge in [-0.15, -0.1) is 0 Å². The van der Waals surface area contributed by atoms with E-state index in [1.807, 2.05) is 43.3 Å². The first-order valence-electron chi connectivity index (χ1n) is 10.6. The van der Waals surface area contributed by atoms with E-state index >= 15 is 0 Å². The number of nitrogens with one attached hydrogen (secondary N) is 1. The van der Waals surface area contributed by atoms with Gasteiger partial charge < -0.3 is 0 Å². The smallest absolute Gasteiger partial charge is 0.295 e. The van der Waals surface area contributed by atoms with E-state index in [2.05, 4.69) is 5.10 Å². The van der Waals surface area contributed by atoms with E-state index in [1.54, 1.807) is 54.3 Å². The summed E-state index contributed by atoms with van der Waals surface area (Å²) < 4.78 is 2.90. The third kappa shape index (κ3) is 3.47. The molecular formula is C26H20ClN4O3+. The summed E-state index contributed by atoms with van der Waals surface area (Å²) in [7, 11) is 1.58. The SMILES string of the molecule is Cc1ccc[n+](C2=C(c3c(-c4ccccc4)[nH]n(C)c3=O)C(=O)N(c3cccc(Cl)c3)C2=O)c1. The van der Waals surface area contributed by atoms with Gasteiger partial charge in [0.1, 0.15) is 5.57 Å². The number of hydrogen-bond donors (Lipinski definition) is 1. The number of hydrogen-bond acceptors (Lipinski definition) is 3. The van der Waals surface area contributed by atoms with Gasteiger partial charge in [0.25, 0.3) is 17.2 Å². The molecule has 0 bridgehead atoms. The molecule has 0 saturated carbocycles. The van der Waals surface area contributed by atoms with Gasteiger partial charge in [0.2, 0.25) is 0 Å². The average Bonchev–Trinajstić information content (AvgIpc) is 3.26. The third-order valence-electron chi connectivity index (χ3n) is 5.69. The first kappa shape index (κ1) is 21.6. The number of aryl methyl sites for hydroxylation is 2. The molecule has 3 heterocycles. The minimum atomic E-state index is -0.592. The molecule has 7 nitrogen and oxygen atoms in total. The second-order valence-electron chi connectivity index (χ2n) is 8.03. The molecule has 5 rings (SSSR count). The Kier molecular flexibility index (Phi) is 5.26. The molecule has 0 spiro atoms. The summed E-state index contributed by atoms with van der Waals surface area (Å²) >= 11 is 6.15. The van der Waals surface area contributed by atoms with Gasteiger partial charge in [-0.05, 0) is 31.2 Å². The van der Waals surface area contributed by atoms with Crippen LogP contribution in [0.5, 0.6) is 0 Å². The monoisotopic (exact) mass is 471 g/mol. The van der Waals surface area contributed by atoms with Gasteiger partial charge in [0, 0.05) is 29.3 Å². The largest absolute Gasteiger partial charge is 0.331 e. The van der Waals surface area contributed by atoms with Crippen LogP contribution in [0.3, 0.4) is 0 Å². The second kappa shape index (κ2) is 8.28. The Balaban J connectivity index is 1.82. The molecule has 1 aliphatic rings. The number of H-pyrrole nitrogens is 1. The number of imide groups is 1. The summed E-state index contributed by atoms with van der Waals surface area (Å²) in [5.41, 5.74) is 2.26. The van der Waals surface area contributed by atoms with Gasteiger partial charge in [0.15, 0.2) is 12.4 Å². The Morgan fingerprint density at radius 1 is 0.912 bits per heavy atom. The van der Waals surface area contributed by atoms with E-state index in [0.29, 0.717) is 16.4 Å². The lowest BCUT2D eigenvalue weighted by atomic mass is 10.0. The van der Waals surface area contributed by atoms with Crippen molar-refractivity contribution in [3.8, 4) is 11.3 Å². The number of carbonyl (C=O) groups is 2. The number of pyridine rings is 1. The quantitative estimate of drug-likeness (QED) is 0.365. The zero-order valence-electron chi connectivity index (χ0n) is 18.4. The van der Waals surface area contributed by atoms with E-state index in [1.165, 1.54) is 4.68 Å². The Bertz CT molecular complexity index is 1550. The number of benzene rings is 2. The van der Waals surface area contributed by atoms with E-state index < -0.39 is 17.4 Å². The maximum Gasteiger partial charge on any atom is 0.331 e. The maximum atomic E-state index is 13.9. The van der Waals surface area contributed by atoms with Gasteiger partial charge >= 0.3 is 5.91 Å². The van der Waals surface area contributed by atoms with Crippen molar-refractivity contribution >= 4 is 40.4 Å². The van der Waals surface area contributed by atoms with Crippen LogP contribution in [-0.4, -0.2) is 21.6 Å². The van der Waals surface area contributed by atoms with E-state index in [-0.39, 0.29) is 16.8 Å². The second-order valence-corrected chi connectivity index (χ2v) is 8.47. The normalized spacial score (nSPS) is 13.8. The standard InChI is InChI=1S/C26H19ClN4O3/c1-16-8-7-13-30(15-16)23-21(25(33)31(26(23)34)19-12-6-11-18(27)14-19)20-22(28-29(2)24(20)32)17-9-4-3-5-10-17/h3-15H,1-2H3/p+1. The van der Waals surface area contributed by atoms with E-state index in [9.17, 15) is 14.4 Å². The predicted molar refractivity (Wildman–Crippen MR) is 130 cm³/mol. The molecule has 0 saturated heterocycles. The van der Waals surface area contributed by atoms with Crippen LogP contribution in [0.4, 0.5) is 5.69 Å². The van der Waals surface area contributed by atoms with Crippen LogP contribution in [0.25, 0.3) is 22.5 Å². The summed E-state index contributed by atoms with van der Waals surface area (Å²) in [5.74, 6) is -1.13. The molecule has 4 aromatic rings. The molecule has 2 amide bonds. The molecule has 168 valence electrons. The lowest BCUT2D eigenvalue weighted by molar-refractivity contribution is -0.577. The Morgan fingerprint density at radius 2 is 1.68 bits per heavy atom. The molecule has 1 aliphatic heterocycles. The number of aromatic amines is 1. The fraction of sp³-hybridized carbons (Fsp3) is 0.0769. The molecule has 0 fully saturated rings. The van der Waals surface area contributed by atoms with Gasteiger partial charge in [-0.1, -0.05) is 48.0 Å². The number of amides is 2. The lowest BCUT2D eigenvalue weighted by Gasteiger charge is -2.14. The number of nitrogens with zero attached hydrogens (tertiary/aromatic N) is 3. The summed E-state index contributed by atoms with van der Waals surface area (Å²) in [5, 5.41) is 3.43. The maximum absolute atomic E-state index is 13.9. The number of aromatic nitrogens is 3. The van der Waals surface area contributed by atoms with Crippen molar-refractivity contribution in [1.29, 1.82) is 0 Å². The van der Waals surface area contributed by atoms with Crippen molar-refractivity contribution < 1.29 is 14.2 Å². The van der Waals surface area contributed by atoms with Gasteiger partial charge in [-0.2, -0.15) is 4.57 Å². The highest BCUT2D eigenvalue weighted by atomic mass is 35.5. The fourth-order valence-electron chi connectivity index (χ4n) is 4.16. The predicted octanol–water partition coefficient (Wildman–Crippen LogP) is 3.57.